The Hall–Kier alpha value is -3.15. The van der Waals surface area contributed by atoms with Gasteiger partial charge in [-0.05, 0) is 13.0 Å². The van der Waals surface area contributed by atoms with Crippen LogP contribution in [0.3, 0.4) is 0 Å². The third kappa shape index (κ3) is 2.07. The lowest BCUT2D eigenvalue weighted by molar-refractivity contribution is 0.0519. The summed E-state index contributed by atoms with van der Waals surface area (Å²) >= 11 is 0. The quantitative estimate of drug-likeness (QED) is 0.702. The van der Waals surface area contributed by atoms with Crippen LogP contribution in [-0.2, 0) is 4.74 Å². The summed E-state index contributed by atoms with van der Waals surface area (Å²) in [5.74, 6) is -3.41. The molecule has 2 N–H and O–H groups in total. The molecule has 0 aliphatic heterocycles. The predicted octanol–water partition coefficient (Wildman–Crippen LogP) is 2.05. The van der Waals surface area contributed by atoms with Crippen LogP contribution in [0.2, 0.25) is 0 Å². The first-order valence-corrected chi connectivity index (χ1v) is 6.91. The zero-order valence-electron chi connectivity index (χ0n) is 12.1. The highest BCUT2D eigenvalue weighted by molar-refractivity contribution is 6.30. The molecule has 0 bridgehead atoms. The summed E-state index contributed by atoms with van der Waals surface area (Å²) in [6.07, 6.45) is 0. The lowest BCUT2D eigenvalue weighted by Gasteiger charge is -2.20. The molecule has 0 radical (unpaired) electrons. The predicted molar refractivity (Wildman–Crippen MR) is 79.0 cm³/mol. The molecule has 116 valence electrons. The summed E-state index contributed by atoms with van der Waals surface area (Å²) in [6.45, 7) is 1.60. The van der Waals surface area contributed by atoms with E-state index < -0.39 is 34.6 Å². The third-order valence-electron chi connectivity index (χ3n) is 3.65. The summed E-state index contributed by atoms with van der Waals surface area (Å²) in [7, 11) is 0. The maximum absolute atomic E-state index is 12.6. The van der Waals surface area contributed by atoms with E-state index in [1.165, 1.54) is 12.1 Å². The fourth-order valence-corrected chi connectivity index (χ4v) is 2.63. The van der Waals surface area contributed by atoms with Crippen molar-refractivity contribution in [2.75, 3.05) is 6.61 Å². The highest BCUT2D eigenvalue weighted by Gasteiger charge is 2.35. The van der Waals surface area contributed by atoms with E-state index in [1.54, 1.807) is 19.1 Å². The summed E-state index contributed by atoms with van der Waals surface area (Å²) < 4.78 is 4.76. The Morgan fingerprint density at radius 1 is 1.04 bits per heavy atom. The second-order valence-electron chi connectivity index (χ2n) is 4.97. The van der Waals surface area contributed by atoms with Gasteiger partial charge in [0.05, 0.1) is 12.2 Å². The summed E-state index contributed by atoms with van der Waals surface area (Å²) in [6, 6.07) is 7.18. The monoisotopic (exact) mass is 312 g/mol. The van der Waals surface area contributed by atoms with E-state index in [4.69, 9.17) is 4.74 Å². The zero-order chi connectivity index (χ0) is 16.7. The number of phenolic OH excluding ortho intramolecular Hbond substituents is 2. The van der Waals surface area contributed by atoms with Gasteiger partial charge in [0.25, 0.3) is 0 Å². The van der Waals surface area contributed by atoms with Gasteiger partial charge in [0.1, 0.15) is 17.1 Å². The lowest BCUT2D eigenvalue weighted by atomic mass is 9.82. The van der Waals surface area contributed by atoms with Gasteiger partial charge in [-0.3, -0.25) is 9.59 Å². The van der Waals surface area contributed by atoms with E-state index in [0.29, 0.717) is 0 Å². The van der Waals surface area contributed by atoms with Gasteiger partial charge >= 0.3 is 5.97 Å². The summed E-state index contributed by atoms with van der Waals surface area (Å²) in [5, 5.41) is 20.3. The highest BCUT2D eigenvalue weighted by atomic mass is 16.5. The fraction of sp³-hybridized carbons (Fsp3) is 0.118. The Morgan fingerprint density at radius 2 is 1.65 bits per heavy atom. The molecule has 0 amide bonds. The zero-order valence-corrected chi connectivity index (χ0v) is 12.1. The maximum Gasteiger partial charge on any atom is 0.345 e. The lowest BCUT2D eigenvalue weighted by Crippen LogP contribution is -2.22. The van der Waals surface area contributed by atoms with Crippen LogP contribution < -0.4 is 0 Å². The number of aromatic hydroxyl groups is 2. The van der Waals surface area contributed by atoms with E-state index in [2.05, 4.69) is 0 Å². The summed E-state index contributed by atoms with van der Waals surface area (Å²) in [5.41, 5.74) is -0.633. The van der Waals surface area contributed by atoms with Crippen LogP contribution in [0.5, 0.6) is 11.5 Å². The van der Waals surface area contributed by atoms with Crippen molar-refractivity contribution in [3.8, 4) is 11.5 Å². The molecule has 2 aromatic carbocycles. The van der Waals surface area contributed by atoms with Crippen LogP contribution in [0.1, 0.15) is 49.1 Å². The molecule has 6 heteroatoms. The molecule has 0 aromatic heterocycles. The Bertz CT molecular complexity index is 866. The van der Waals surface area contributed by atoms with E-state index in [1.807, 2.05) is 0 Å². The average molecular weight is 312 g/mol. The molecule has 0 atom stereocenters. The highest BCUT2D eigenvalue weighted by Crippen LogP contribution is 2.39. The number of carbonyl (C=O) groups is 3. The first-order chi connectivity index (χ1) is 11.0. The van der Waals surface area contributed by atoms with E-state index in [9.17, 15) is 24.6 Å². The van der Waals surface area contributed by atoms with Gasteiger partial charge in [-0.15, -0.1) is 0 Å². The number of hydrogen-bond donors (Lipinski definition) is 2. The first kappa shape index (κ1) is 14.8. The topological polar surface area (TPSA) is 101 Å². The fourth-order valence-electron chi connectivity index (χ4n) is 2.63. The third-order valence-corrected chi connectivity index (χ3v) is 3.65. The number of phenols is 2. The Morgan fingerprint density at radius 3 is 2.26 bits per heavy atom. The van der Waals surface area contributed by atoms with Crippen molar-refractivity contribution < 1.29 is 29.3 Å². The molecule has 0 fully saturated rings. The van der Waals surface area contributed by atoms with Crippen molar-refractivity contribution in [1.29, 1.82) is 0 Å². The standard InChI is InChI=1S/C17H12O6/c1-2-23-17(22)13-11(18)7-10-12(16(13)21)15(20)9-6-4-3-5-8(9)14(10)19/h3-7,18,21H,2H2,1H3. The number of carbonyl (C=O) groups excluding carboxylic acids is 3. The minimum atomic E-state index is -0.968. The molecule has 23 heavy (non-hydrogen) atoms. The van der Waals surface area contributed by atoms with Gasteiger partial charge in [-0.1, -0.05) is 24.3 Å². The number of benzene rings is 2. The molecule has 0 saturated carbocycles. The number of esters is 1. The Labute approximate surface area is 130 Å². The molecule has 3 rings (SSSR count). The van der Waals surface area contributed by atoms with Gasteiger partial charge in [-0.2, -0.15) is 0 Å². The van der Waals surface area contributed by atoms with E-state index in [-0.39, 0.29) is 28.9 Å². The Balaban J connectivity index is 2.28. The number of rotatable bonds is 2. The van der Waals surface area contributed by atoms with Crippen molar-refractivity contribution in [2.45, 2.75) is 6.92 Å². The first-order valence-electron chi connectivity index (χ1n) is 6.91. The second kappa shape index (κ2) is 5.24. The molecular formula is C17H12O6. The van der Waals surface area contributed by atoms with Gasteiger partial charge in [0.2, 0.25) is 0 Å². The molecule has 6 nitrogen and oxygen atoms in total. The number of fused-ring (bicyclic) bond motifs is 2. The van der Waals surface area contributed by atoms with Crippen molar-refractivity contribution in [2.24, 2.45) is 0 Å². The molecule has 1 aliphatic carbocycles. The van der Waals surface area contributed by atoms with E-state index in [0.717, 1.165) is 6.07 Å². The van der Waals surface area contributed by atoms with Gasteiger partial charge in [0, 0.05) is 16.7 Å². The normalized spacial score (nSPS) is 12.6. The van der Waals surface area contributed by atoms with Crippen molar-refractivity contribution in [3.05, 3.63) is 58.1 Å². The van der Waals surface area contributed by atoms with Crippen LogP contribution in [0.15, 0.2) is 30.3 Å². The minimum absolute atomic E-state index is 0.0323. The molecule has 2 aromatic rings. The molecule has 0 unspecified atom stereocenters. The van der Waals surface area contributed by atoms with Crippen LogP contribution in [0, 0.1) is 0 Å². The summed E-state index contributed by atoms with van der Waals surface area (Å²) in [4.78, 5) is 36.9. The van der Waals surface area contributed by atoms with Crippen molar-refractivity contribution in [1.82, 2.24) is 0 Å². The molecule has 0 spiro atoms. The largest absolute Gasteiger partial charge is 0.507 e. The van der Waals surface area contributed by atoms with Crippen LogP contribution in [0.25, 0.3) is 0 Å². The Kier molecular flexibility index (Phi) is 3.37. The average Bonchev–Trinajstić information content (AvgIpc) is 2.52. The SMILES string of the molecule is CCOC(=O)c1c(O)cc2c(c1O)C(=O)c1ccccc1C2=O. The molecule has 0 heterocycles. The second-order valence-corrected chi connectivity index (χ2v) is 4.97. The number of ether oxygens (including phenoxy) is 1. The number of ketones is 2. The maximum atomic E-state index is 12.6. The minimum Gasteiger partial charge on any atom is -0.507 e. The van der Waals surface area contributed by atoms with Crippen molar-refractivity contribution >= 4 is 17.5 Å². The van der Waals surface area contributed by atoms with Crippen LogP contribution >= 0.6 is 0 Å². The molecular weight excluding hydrogens is 300 g/mol. The van der Waals surface area contributed by atoms with Crippen LogP contribution in [-0.4, -0.2) is 34.4 Å². The van der Waals surface area contributed by atoms with E-state index >= 15 is 0 Å². The smallest absolute Gasteiger partial charge is 0.345 e. The number of hydrogen-bond acceptors (Lipinski definition) is 6. The molecule has 1 aliphatic rings. The van der Waals surface area contributed by atoms with Crippen molar-refractivity contribution in [3.63, 3.8) is 0 Å². The van der Waals surface area contributed by atoms with Gasteiger partial charge in [0.15, 0.2) is 11.6 Å². The van der Waals surface area contributed by atoms with Gasteiger partial charge in [-0.25, -0.2) is 4.79 Å². The van der Waals surface area contributed by atoms with Gasteiger partial charge < -0.3 is 14.9 Å². The molecule has 0 saturated heterocycles. The van der Waals surface area contributed by atoms with Crippen LogP contribution in [0.4, 0.5) is 0 Å².